The van der Waals surface area contributed by atoms with Gasteiger partial charge in [0, 0.05) is 0 Å². The molecule has 28 heavy (non-hydrogen) atoms. The summed E-state index contributed by atoms with van der Waals surface area (Å²) in [6, 6.07) is 13.1. The second-order valence-electron chi connectivity index (χ2n) is 5.52. The van der Waals surface area contributed by atoms with Crippen molar-refractivity contribution < 1.29 is 39.9 Å². The van der Waals surface area contributed by atoms with Crippen molar-refractivity contribution in [3.8, 4) is 5.75 Å². The zero-order chi connectivity index (χ0) is 21.0. The monoisotopic (exact) mass is 412 g/mol. The van der Waals surface area contributed by atoms with Gasteiger partial charge in [0.2, 0.25) is 0 Å². The van der Waals surface area contributed by atoms with Gasteiger partial charge in [0.1, 0.15) is 5.75 Å². The number of halogens is 8. The molecule has 0 radical (unpaired) electrons. The summed E-state index contributed by atoms with van der Waals surface area (Å²) in [6.45, 7) is -2.23. The average Bonchev–Trinajstić information content (AvgIpc) is 2.66. The van der Waals surface area contributed by atoms with E-state index in [4.69, 9.17) is 0 Å². The molecule has 0 saturated heterocycles. The van der Waals surface area contributed by atoms with Crippen LogP contribution in [0.25, 0.3) is 0 Å². The number of azo groups is 1. The zero-order valence-corrected chi connectivity index (χ0v) is 13.8. The van der Waals surface area contributed by atoms with E-state index < -0.39 is 30.8 Å². The van der Waals surface area contributed by atoms with Crippen LogP contribution < -0.4 is 4.74 Å². The molecule has 11 heteroatoms. The third kappa shape index (κ3) is 4.57. The van der Waals surface area contributed by atoms with E-state index in [-0.39, 0.29) is 11.4 Å². The van der Waals surface area contributed by atoms with Crippen molar-refractivity contribution in [1.29, 1.82) is 0 Å². The molecule has 0 atom stereocenters. The molecule has 0 bridgehead atoms. The first-order chi connectivity index (χ1) is 13.0. The SMILES string of the molecule is FC(F)C(F)(F)C(F)(F)C(F)(F)COc1ccc(/N=N/c2ccccc2)cc1. The van der Waals surface area contributed by atoms with E-state index >= 15 is 0 Å². The first-order valence-corrected chi connectivity index (χ1v) is 7.58. The summed E-state index contributed by atoms with van der Waals surface area (Å²) in [6.07, 6.45) is -4.97. The van der Waals surface area contributed by atoms with Crippen molar-refractivity contribution in [3.63, 3.8) is 0 Å². The molecule has 0 aromatic heterocycles. The summed E-state index contributed by atoms with van der Waals surface area (Å²) in [5.41, 5.74) is 0.794. The fourth-order valence-corrected chi connectivity index (χ4v) is 1.86. The Morgan fingerprint density at radius 2 is 1.25 bits per heavy atom. The molecule has 0 aliphatic carbocycles. The van der Waals surface area contributed by atoms with E-state index in [1.807, 2.05) is 0 Å². The first-order valence-electron chi connectivity index (χ1n) is 7.58. The lowest BCUT2D eigenvalue weighted by Gasteiger charge is -2.31. The maximum Gasteiger partial charge on any atom is 0.381 e. The van der Waals surface area contributed by atoms with Gasteiger partial charge in [-0.1, -0.05) is 18.2 Å². The highest BCUT2D eigenvalue weighted by atomic mass is 19.4. The Labute approximate surface area is 153 Å². The largest absolute Gasteiger partial charge is 0.487 e. The van der Waals surface area contributed by atoms with Gasteiger partial charge in [-0.25, -0.2) is 8.78 Å². The van der Waals surface area contributed by atoms with Crippen molar-refractivity contribution >= 4 is 11.4 Å². The number of alkyl halides is 8. The molecule has 0 fully saturated rings. The molecular weight excluding hydrogens is 400 g/mol. The second-order valence-corrected chi connectivity index (χ2v) is 5.52. The third-order valence-corrected chi connectivity index (χ3v) is 3.45. The molecule has 0 aliphatic rings. The van der Waals surface area contributed by atoms with Crippen LogP contribution in [0.15, 0.2) is 64.8 Å². The van der Waals surface area contributed by atoms with Crippen LogP contribution in [0.2, 0.25) is 0 Å². The minimum Gasteiger partial charge on any atom is -0.487 e. The number of ether oxygens (including phenoxy) is 1. The van der Waals surface area contributed by atoms with Gasteiger partial charge in [0.25, 0.3) is 0 Å². The lowest BCUT2D eigenvalue weighted by Crippen LogP contribution is -2.59. The minimum absolute atomic E-state index is 0.262. The summed E-state index contributed by atoms with van der Waals surface area (Å²) >= 11 is 0. The van der Waals surface area contributed by atoms with Crippen LogP contribution in [0.4, 0.5) is 46.5 Å². The Kier molecular flexibility index (Phi) is 6.25. The van der Waals surface area contributed by atoms with Crippen molar-refractivity contribution in [3.05, 3.63) is 54.6 Å². The van der Waals surface area contributed by atoms with Crippen molar-refractivity contribution in [2.75, 3.05) is 6.61 Å². The molecule has 3 nitrogen and oxygen atoms in total. The van der Waals surface area contributed by atoms with Crippen LogP contribution in [0.3, 0.4) is 0 Å². The highest BCUT2D eigenvalue weighted by Crippen LogP contribution is 2.48. The Morgan fingerprint density at radius 1 is 0.750 bits per heavy atom. The van der Waals surface area contributed by atoms with Gasteiger partial charge in [0.15, 0.2) is 6.61 Å². The lowest BCUT2D eigenvalue weighted by atomic mass is 10.1. The molecular formula is C17H12F8N2O. The van der Waals surface area contributed by atoms with Gasteiger partial charge < -0.3 is 4.74 Å². The average molecular weight is 412 g/mol. The fourth-order valence-electron chi connectivity index (χ4n) is 1.86. The first kappa shape index (κ1) is 21.6. The standard InChI is InChI=1S/C17H12F8N2O/c18-14(19)16(22,23)17(24,25)15(20,21)10-28-13-8-6-12(7-9-13)27-26-11-4-2-1-3-5-11/h1-9,14H,10H2/b27-26+. The van der Waals surface area contributed by atoms with E-state index in [1.54, 1.807) is 30.3 Å². The Morgan fingerprint density at radius 3 is 1.75 bits per heavy atom. The van der Waals surface area contributed by atoms with Crippen molar-refractivity contribution in [1.82, 2.24) is 0 Å². The van der Waals surface area contributed by atoms with Gasteiger partial charge in [-0.2, -0.15) is 36.6 Å². The number of rotatable bonds is 8. The van der Waals surface area contributed by atoms with Crippen LogP contribution in [0.1, 0.15) is 0 Å². The van der Waals surface area contributed by atoms with Gasteiger partial charge in [-0.3, -0.25) is 0 Å². The highest BCUT2D eigenvalue weighted by Gasteiger charge is 2.75. The topological polar surface area (TPSA) is 34.0 Å². The predicted molar refractivity (Wildman–Crippen MR) is 83.4 cm³/mol. The van der Waals surface area contributed by atoms with Crippen LogP contribution in [0, 0.1) is 0 Å². The summed E-state index contributed by atoms with van der Waals surface area (Å²) in [4.78, 5) is 0. The minimum atomic E-state index is -6.31. The van der Waals surface area contributed by atoms with Gasteiger partial charge in [0.05, 0.1) is 11.4 Å². The Hall–Kier alpha value is -2.72. The molecule has 152 valence electrons. The zero-order valence-electron chi connectivity index (χ0n) is 13.8. The van der Waals surface area contributed by atoms with E-state index in [0.717, 1.165) is 12.1 Å². The molecule has 2 rings (SSSR count). The smallest absolute Gasteiger partial charge is 0.381 e. The van der Waals surface area contributed by atoms with E-state index in [2.05, 4.69) is 15.0 Å². The maximum absolute atomic E-state index is 13.4. The maximum atomic E-state index is 13.4. The number of hydrogen-bond acceptors (Lipinski definition) is 3. The molecule has 2 aromatic carbocycles. The van der Waals surface area contributed by atoms with E-state index in [0.29, 0.717) is 5.69 Å². The van der Waals surface area contributed by atoms with E-state index in [1.165, 1.54) is 12.1 Å². The van der Waals surface area contributed by atoms with Crippen LogP contribution >= 0.6 is 0 Å². The van der Waals surface area contributed by atoms with Crippen molar-refractivity contribution in [2.24, 2.45) is 10.2 Å². The predicted octanol–water partition coefficient (Wildman–Crippen LogP) is 6.65. The summed E-state index contributed by atoms with van der Waals surface area (Å²) in [5, 5.41) is 7.71. The number of nitrogens with zero attached hydrogens (tertiary/aromatic N) is 2. The van der Waals surface area contributed by atoms with E-state index in [9.17, 15) is 35.1 Å². The van der Waals surface area contributed by atoms with Crippen LogP contribution in [-0.4, -0.2) is 30.8 Å². The Balaban J connectivity index is 2.03. The molecule has 0 heterocycles. The summed E-state index contributed by atoms with van der Waals surface area (Å²) < 4.78 is 107. The normalized spacial score (nSPS) is 13.3. The molecule has 0 unspecified atom stereocenters. The van der Waals surface area contributed by atoms with Crippen molar-refractivity contribution in [2.45, 2.75) is 24.2 Å². The quantitative estimate of drug-likeness (QED) is 0.353. The molecule has 2 aromatic rings. The summed E-state index contributed by atoms with van der Waals surface area (Å²) in [5.74, 6) is -18.5. The lowest BCUT2D eigenvalue weighted by molar-refractivity contribution is -0.342. The number of benzene rings is 2. The van der Waals surface area contributed by atoms with Gasteiger partial charge >= 0.3 is 24.2 Å². The number of hydrogen-bond donors (Lipinski definition) is 0. The fraction of sp³-hybridized carbons (Fsp3) is 0.294. The molecule has 0 spiro atoms. The molecule has 0 N–H and O–H groups in total. The highest BCUT2D eigenvalue weighted by molar-refractivity contribution is 5.42. The molecule has 0 saturated carbocycles. The molecule has 0 amide bonds. The third-order valence-electron chi connectivity index (χ3n) is 3.45. The van der Waals surface area contributed by atoms with Crippen LogP contribution in [-0.2, 0) is 0 Å². The summed E-state index contributed by atoms with van der Waals surface area (Å²) in [7, 11) is 0. The molecule has 0 aliphatic heterocycles. The Bertz CT molecular complexity index is 795. The second kappa shape index (κ2) is 8.11. The van der Waals surface area contributed by atoms with Gasteiger partial charge in [-0.15, -0.1) is 0 Å². The van der Waals surface area contributed by atoms with Gasteiger partial charge in [-0.05, 0) is 36.4 Å². The van der Waals surface area contributed by atoms with Crippen LogP contribution in [0.5, 0.6) is 5.75 Å².